The number of esters is 1. The lowest BCUT2D eigenvalue weighted by molar-refractivity contribution is 0.0600. The van der Waals surface area contributed by atoms with E-state index in [1.54, 1.807) is 42.7 Å². The Kier molecular flexibility index (Phi) is 8.36. The highest BCUT2D eigenvalue weighted by molar-refractivity contribution is 8.00. The normalized spacial score (nSPS) is 11.7. The fourth-order valence-electron chi connectivity index (χ4n) is 2.92. The van der Waals surface area contributed by atoms with E-state index in [2.05, 4.69) is 4.98 Å². The van der Waals surface area contributed by atoms with Gasteiger partial charge >= 0.3 is 5.97 Å². The van der Waals surface area contributed by atoms with Crippen molar-refractivity contribution in [3.8, 4) is 5.75 Å². The van der Waals surface area contributed by atoms with Crippen LogP contribution >= 0.6 is 23.5 Å². The Hall–Kier alpha value is -2.77. The van der Waals surface area contributed by atoms with Crippen molar-refractivity contribution in [1.29, 1.82) is 0 Å². The smallest absolute Gasteiger partial charge is 0.337 e. The van der Waals surface area contributed by atoms with Crippen LogP contribution in [0.5, 0.6) is 5.75 Å². The number of halogens is 2. The molecule has 0 bridgehead atoms. The molecule has 1 heterocycles. The van der Waals surface area contributed by atoms with Crippen molar-refractivity contribution in [2.75, 3.05) is 18.0 Å². The number of carbonyl (C=O) groups is 1. The predicted molar refractivity (Wildman–Crippen MR) is 126 cm³/mol. The van der Waals surface area contributed by atoms with Gasteiger partial charge in [-0.2, -0.15) is 0 Å². The average molecular weight is 475 g/mol. The van der Waals surface area contributed by atoms with E-state index in [1.165, 1.54) is 26.0 Å². The van der Waals surface area contributed by atoms with E-state index in [0.29, 0.717) is 16.3 Å². The summed E-state index contributed by atoms with van der Waals surface area (Å²) in [6.45, 7) is 3.82. The van der Waals surface area contributed by atoms with E-state index in [4.69, 9.17) is 21.1 Å². The first-order valence-electron chi connectivity index (χ1n) is 9.97. The maximum atomic E-state index is 14.1. The van der Waals surface area contributed by atoms with E-state index in [-0.39, 0.29) is 13.2 Å². The number of alkyl halides is 1. The van der Waals surface area contributed by atoms with Gasteiger partial charge in [-0.05, 0) is 67.3 Å². The summed E-state index contributed by atoms with van der Waals surface area (Å²) in [7, 11) is 1.34. The third kappa shape index (κ3) is 6.37. The SMILES string of the molecule is COC(=O)c1ccc(COc2cc(Cl)c(C)cc2N(CC(C)F)Sc2cccnc2)cc1. The van der Waals surface area contributed by atoms with Crippen LogP contribution in [-0.2, 0) is 11.3 Å². The molecule has 0 aliphatic carbocycles. The molecule has 0 spiro atoms. The third-order valence-electron chi connectivity index (χ3n) is 4.55. The van der Waals surface area contributed by atoms with Gasteiger partial charge in [0.05, 0.1) is 24.9 Å². The number of benzene rings is 2. The number of anilines is 1. The molecular weight excluding hydrogens is 451 g/mol. The first kappa shape index (κ1) is 23.9. The molecule has 0 N–H and O–H groups in total. The molecule has 0 fully saturated rings. The van der Waals surface area contributed by atoms with Crippen LogP contribution in [0, 0.1) is 6.92 Å². The van der Waals surface area contributed by atoms with Gasteiger partial charge in [-0.1, -0.05) is 23.7 Å². The number of aromatic nitrogens is 1. The zero-order valence-electron chi connectivity index (χ0n) is 18.0. The van der Waals surface area contributed by atoms with E-state index < -0.39 is 12.1 Å². The summed E-state index contributed by atoms with van der Waals surface area (Å²) in [5.41, 5.74) is 2.91. The minimum absolute atomic E-state index is 0.158. The minimum Gasteiger partial charge on any atom is -0.487 e. The Morgan fingerprint density at radius 3 is 2.62 bits per heavy atom. The number of pyridine rings is 1. The first-order valence-corrected chi connectivity index (χ1v) is 11.1. The van der Waals surface area contributed by atoms with Crippen LogP contribution in [0.2, 0.25) is 5.02 Å². The predicted octanol–water partition coefficient (Wildman–Crippen LogP) is 6.28. The van der Waals surface area contributed by atoms with Gasteiger partial charge in [0.1, 0.15) is 18.5 Å². The number of rotatable bonds is 9. The summed E-state index contributed by atoms with van der Waals surface area (Å²) in [5.74, 6) is 0.142. The van der Waals surface area contributed by atoms with Crippen molar-refractivity contribution in [2.45, 2.75) is 31.5 Å². The van der Waals surface area contributed by atoms with E-state index in [9.17, 15) is 9.18 Å². The monoisotopic (exact) mass is 474 g/mol. The largest absolute Gasteiger partial charge is 0.487 e. The van der Waals surface area contributed by atoms with Crippen LogP contribution in [0.15, 0.2) is 65.8 Å². The van der Waals surface area contributed by atoms with E-state index in [0.717, 1.165) is 21.7 Å². The maximum Gasteiger partial charge on any atom is 0.337 e. The first-order chi connectivity index (χ1) is 15.4. The lowest BCUT2D eigenvalue weighted by Crippen LogP contribution is -2.23. The second kappa shape index (κ2) is 11.2. The second-order valence-corrected chi connectivity index (χ2v) is 8.67. The van der Waals surface area contributed by atoms with Gasteiger partial charge in [0, 0.05) is 28.4 Å². The lowest BCUT2D eigenvalue weighted by Gasteiger charge is -2.27. The zero-order valence-corrected chi connectivity index (χ0v) is 19.6. The molecule has 0 saturated carbocycles. The molecule has 0 saturated heterocycles. The molecule has 168 valence electrons. The molecule has 32 heavy (non-hydrogen) atoms. The quantitative estimate of drug-likeness (QED) is 0.268. The Morgan fingerprint density at radius 1 is 1.25 bits per heavy atom. The lowest BCUT2D eigenvalue weighted by atomic mass is 10.1. The molecule has 3 rings (SSSR count). The number of hydrogen-bond donors (Lipinski definition) is 0. The van der Waals surface area contributed by atoms with E-state index >= 15 is 0 Å². The van der Waals surface area contributed by atoms with E-state index in [1.807, 2.05) is 29.4 Å². The van der Waals surface area contributed by atoms with Gasteiger partial charge in [-0.15, -0.1) is 0 Å². The molecule has 0 amide bonds. The van der Waals surface area contributed by atoms with Crippen LogP contribution in [-0.4, -0.2) is 30.8 Å². The summed E-state index contributed by atoms with van der Waals surface area (Å²) in [6.07, 6.45) is 2.36. The Bertz CT molecular complexity index is 1050. The molecule has 5 nitrogen and oxygen atoms in total. The average Bonchev–Trinajstić information content (AvgIpc) is 2.79. The zero-order chi connectivity index (χ0) is 23.1. The Balaban J connectivity index is 1.86. The summed E-state index contributed by atoms with van der Waals surface area (Å²) < 4.78 is 26.7. The van der Waals surface area contributed by atoms with Crippen molar-refractivity contribution in [2.24, 2.45) is 0 Å². The molecule has 0 radical (unpaired) electrons. The summed E-state index contributed by atoms with van der Waals surface area (Å²) in [5, 5.41) is 0.560. The van der Waals surface area contributed by atoms with Crippen molar-refractivity contribution in [3.63, 3.8) is 0 Å². The van der Waals surface area contributed by atoms with Crippen LogP contribution in [0.1, 0.15) is 28.4 Å². The molecule has 0 aliphatic rings. The van der Waals surface area contributed by atoms with Crippen LogP contribution < -0.4 is 9.04 Å². The van der Waals surface area contributed by atoms with Gasteiger partial charge in [0.15, 0.2) is 0 Å². The maximum absolute atomic E-state index is 14.1. The minimum atomic E-state index is -1.06. The van der Waals surface area contributed by atoms with Crippen LogP contribution in [0.25, 0.3) is 0 Å². The van der Waals surface area contributed by atoms with Crippen LogP contribution in [0.3, 0.4) is 0 Å². The number of nitrogens with zero attached hydrogens (tertiary/aromatic N) is 2. The van der Waals surface area contributed by atoms with Gasteiger partial charge in [-0.3, -0.25) is 4.98 Å². The van der Waals surface area contributed by atoms with Gasteiger partial charge in [0.2, 0.25) is 0 Å². The van der Waals surface area contributed by atoms with Crippen molar-refractivity contribution < 1.29 is 18.7 Å². The number of carbonyl (C=O) groups excluding carboxylic acids is 1. The molecule has 0 aliphatic heterocycles. The fourth-order valence-corrected chi connectivity index (χ4v) is 4.09. The second-order valence-electron chi connectivity index (χ2n) is 7.17. The molecule has 8 heteroatoms. The summed E-state index contributed by atoms with van der Waals surface area (Å²) in [6, 6.07) is 14.4. The van der Waals surface area contributed by atoms with Gasteiger partial charge in [-0.25, -0.2) is 9.18 Å². The third-order valence-corrected chi connectivity index (χ3v) is 5.97. The molecule has 1 aromatic heterocycles. The highest BCUT2D eigenvalue weighted by Crippen LogP contribution is 2.39. The molecule has 1 unspecified atom stereocenters. The number of methoxy groups -OCH3 is 1. The summed E-state index contributed by atoms with van der Waals surface area (Å²) in [4.78, 5) is 16.6. The molecule has 1 atom stereocenters. The summed E-state index contributed by atoms with van der Waals surface area (Å²) >= 11 is 7.75. The van der Waals surface area contributed by atoms with Crippen molar-refractivity contribution in [1.82, 2.24) is 4.98 Å². The number of ether oxygens (including phenoxy) is 2. The standard InChI is InChI=1S/C24H24ClFN2O3S/c1-16-11-22(28(14-17(2)26)32-20-5-4-10-27-13-20)23(12-21(16)25)31-15-18-6-8-19(9-7-18)24(29)30-3/h4-13,17H,14-15H2,1-3H3. The highest BCUT2D eigenvalue weighted by atomic mass is 35.5. The topological polar surface area (TPSA) is 51.7 Å². The van der Waals surface area contributed by atoms with Gasteiger partial charge < -0.3 is 13.8 Å². The van der Waals surface area contributed by atoms with Crippen LogP contribution in [0.4, 0.5) is 10.1 Å². The highest BCUT2D eigenvalue weighted by Gasteiger charge is 2.19. The Morgan fingerprint density at radius 2 is 2.00 bits per heavy atom. The number of hydrogen-bond acceptors (Lipinski definition) is 6. The fraction of sp³-hybridized carbons (Fsp3) is 0.250. The van der Waals surface area contributed by atoms with Gasteiger partial charge in [0.25, 0.3) is 0 Å². The Labute approximate surface area is 196 Å². The molecular formula is C24H24ClFN2O3S. The molecule has 2 aromatic carbocycles. The molecule has 3 aromatic rings. The number of aryl methyl sites for hydroxylation is 1. The van der Waals surface area contributed by atoms with Crippen molar-refractivity contribution in [3.05, 3.63) is 82.6 Å². The van der Waals surface area contributed by atoms with Crippen molar-refractivity contribution >= 4 is 35.2 Å².